The molecule has 0 bridgehead atoms. The third kappa shape index (κ3) is 2.58. The molecule has 0 saturated carbocycles. The quantitative estimate of drug-likeness (QED) is 0.693. The number of benzene rings is 2. The molecular formula is C16H12ClN3O2. The third-order valence-corrected chi connectivity index (χ3v) is 3.49. The first-order valence-corrected chi connectivity index (χ1v) is 6.92. The normalized spacial score (nSPS) is 10.5. The van der Waals surface area contributed by atoms with Crippen LogP contribution in [0.3, 0.4) is 0 Å². The Kier molecular flexibility index (Phi) is 3.89. The first-order chi connectivity index (χ1) is 10.7. The van der Waals surface area contributed by atoms with Crippen LogP contribution < -0.4 is 4.74 Å². The number of hydrogen-bond donors (Lipinski definition) is 0. The second-order valence-corrected chi connectivity index (χ2v) is 4.99. The van der Waals surface area contributed by atoms with Crippen LogP contribution in [0.5, 0.6) is 5.75 Å². The van der Waals surface area contributed by atoms with Gasteiger partial charge in [0.05, 0.1) is 12.8 Å². The van der Waals surface area contributed by atoms with Crippen LogP contribution in [0.15, 0.2) is 48.5 Å². The van der Waals surface area contributed by atoms with E-state index in [1.54, 1.807) is 23.9 Å². The highest BCUT2D eigenvalue weighted by molar-refractivity contribution is 6.30. The summed E-state index contributed by atoms with van der Waals surface area (Å²) >= 11 is 5.91. The minimum absolute atomic E-state index is 0.278. The molecule has 3 aromatic rings. The van der Waals surface area contributed by atoms with Gasteiger partial charge in [0.1, 0.15) is 11.4 Å². The van der Waals surface area contributed by atoms with E-state index in [0.717, 1.165) is 17.0 Å². The molecule has 0 spiro atoms. The van der Waals surface area contributed by atoms with Crippen LogP contribution in [0.4, 0.5) is 0 Å². The van der Waals surface area contributed by atoms with Gasteiger partial charge in [0, 0.05) is 10.6 Å². The van der Waals surface area contributed by atoms with E-state index in [1.165, 1.54) is 0 Å². The van der Waals surface area contributed by atoms with Gasteiger partial charge in [-0.15, -0.1) is 5.10 Å². The Bertz CT molecular complexity index is 795. The van der Waals surface area contributed by atoms with Crippen molar-refractivity contribution in [1.82, 2.24) is 15.0 Å². The van der Waals surface area contributed by atoms with Crippen LogP contribution in [0, 0.1) is 0 Å². The maximum atomic E-state index is 11.3. The smallest absolute Gasteiger partial charge is 0.172 e. The molecule has 0 aliphatic rings. The number of halogens is 1. The summed E-state index contributed by atoms with van der Waals surface area (Å²) in [6.45, 7) is 0. The second-order valence-electron chi connectivity index (χ2n) is 4.56. The lowest BCUT2D eigenvalue weighted by atomic mass is 10.1. The monoisotopic (exact) mass is 313 g/mol. The van der Waals surface area contributed by atoms with Gasteiger partial charge in [0.2, 0.25) is 0 Å². The van der Waals surface area contributed by atoms with Crippen LogP contribution in [0.2, 0.25) is 5.02 Å². The first-order valence-electron chi connectivity index (χ1n) is 6.54. The molecule has 110 valence electrons. The Balaban J connectivity index is 2.14. The van der Waals surface area contributed by atoms with Crippen molar-refractivity contribution in [1.29, 1.82) is 0 Å². The largest absolute Gasteiger partial charge is 0.497 e. The summed E-state index contributed by atoms with van der Waals surface area (Å²) in [6.07, 6.45) is 0.693. The van der Waals surface area contributed by atoms with E-state index in [9.17, 15) is 4.79 Å². The molecule has 5 nitrogen and oxygen atoms in total. The van der Waals surface area contributed by atoms with Crippen molar-refractivity contribution in [3.8, 4) is 22.7 Å². The number of ether oxygens (including phenoxy) is 1. The number of methoxy groups -OCH3 is 1. The molecule has 3 rings (SSSR count). The SMILES string of the molecule is COc1ccc(-c2c(C=O)nnn2-c2ccc(Cl)cc2)cc1. The van der Waals surface area contributed by atoms with E-state index < -0.39 is 0 Å². The van der Waals surface area contributed by atoms with Gasteiger partial charge in [-0.1, -0.05) is 16.8 Å². The highest BCUT2D eigenvalue weighted by Gasteiger charge is 2.15. The Morgan fingerprint density at radius 3 is 2.36 bits per heavy atom. The lowest BCUT2D eigenvalue weighted by molar-refractivity contribution is 0.111. The predicted molar refractivity (Wildman–Crippen MR) is 83.7 cm³/mol. The molecule has 0 amide bonds. The molecular weight excluding hydrogens is 302 g/mol. The van der Waals surface area contributed by atoms with E-state index >= 15 is 0 Å². The van der Waals surface area contributed by atoms with Crippen LogP contribution in [-0.4, -0.2) is 28.4 Å². The summed E-state index contributed by atoms with van der Waals surface area (Å²) in [7, 11) is 1.60. The number of rotatable bonds is 4. The topological polar surface area (TPSA) is 57.0 Å². The molecule has 2 aromatic carbocycles. The molecule has 1 heterocycles. The van der Waals surface area contributed by atoms with E-state index in [1.807, 2.05) is 36.4 Å². The molecule has 0 N–H and O–H groups in total. The fraction of sp³-hybridized carbons (Fsp3) is 0.0625. The standard InChI is InChI=1S/C16H12ClN3O2/c1-22-14-8-2-11(3-9-14)16-15(10-21)18-19-20(16)13-6-4-12(17)5-7-13/h2-10H,1H3. The molecule has 0 aliphatic heterocycles. The minimum atomic E-state index is 0.278. The molecule has 22 heavy (non-hydrogen) atoms. The summed E-state index contributed by atoms with van der Waals surface area (Å²) in [6, 6.07) is 14.5. The average Bonchev–Trinajstić information content (AvgIpc) is 2.99. The second kappa shape index (κ2) is 5.99. The summed E-state index contributed by atoms with van der Waals surface area (Å²) < 4.78 is 6.76. The van der Waals surface area contributed by atoms with Crippen molar-refractivity contribution in [3.05, 3.63) is 59.2 Å². The number of hydrogen-bond acceptors (Lipinski definition) is 4. The zero-order chi connectivity index (χ0) is 15.5. The molecule has 0 aliphatic carbocycles. The summed E-state index contributed by atoms with van der Waals surface area (Å²) in [5.74, 6) is 0.738. The van der Waals surface area contributed by atoms with Crippen LogP contribution in [0.1, 0.15) is 10.5 Å². The lowest BCUT2D eigenvalue weighted by Gasteiger charge is -2.08. The highest BCUT2D eigenvalue weighted by atomic mass is 35.5. The number of aromatic nitrogens is 3. The van der Waals surface area contributed by atoms with Gasteiger partial charge in [-0.2, -0.15) is 0 Å². The zero-order valence-corrected chi connectivity index (χ0v) is 12.5. The predicted octanol–water partition coefficient (Wildman–Crippen LogP) is 3.41. The van der Waals surface area contributed by atoms with Crippen molar-refractivity contribution in [3.63, 3.8) is 0 Å². The van der Waals surface area contributed by atoms with Gasteiger partial charge >= 0.3 is 0 Å². The van der Waals surface area contributed by atoms with Gasteiger partial charge in [0.25, 0.3) is 0 Å². The van der Waals surface area contributed by atoms with Crippen LogP contribution in [0.25, 0.3) is 16.9 Å². The third-order valence-electron chi connectivity index (χ3n) is 3.24. The summed E-state index contributed by atoms with van der Waals surface area (Å²) in [5.41, 5.74) is 2.50. The fourth-order valence-electron chi connectivity index (χ4n) is 2.15. The molecule has 0 saturated heterocycles. The first kappa shape index (κ1) is 14.3. The fourth-order valence-corrected chi connectivity index (χ4v) is 2.28. The number of nitrogens with zero attached hydrogens (tertiary/aromatic N) is 3. The Morgan fingerprint density at radius 1 is 1.09 bits per heavy atom. The van der Waals surface area contributed by atoms with Crippen LogP contribution >= 0.6 is 11.6 Å². The van der Waals surface area contributed by atoms with Gasteiger partial charge in [-0.3, -0.25) is 4.79 Å². The molecule has 6 heteroatoms. The Morgan fingerprint density at radius 2 is 1.77 bits per heavy atom. The Labute approximate surface area is 132 Å². The maximum absolute atomic E-state index is 11.3. The minimum Gasteiger partial charge on any atom is -0.497 e. The van der Waals surface area contributed by atoms with Crippen molar-refractivity contribution in [2.75, 3.05) is 7.11 Å². The number of carbonyl (C=O) groups excluding carboxylic acids is 1. The van der Waals surface area contributed by atoms with E-state index in [4.69, 9.17) is 16.3 Å². The average molecular weight is 314 g/mol. The summed E-state index contributed by atoms with van der Waals surface area (Å²) in [5, 5.41) is 8.63. The van der Waals surface area contributed by atoms with Gasteiger partial charge < -0.3 is 4.74 Å². The van der Waals surface area contributed by atoms with Gasteiger partial charge in [-0.25, -0.2) is 4.68 Å². The molecule has 0 radical (unpaired) electrons. The van der Waals surface area contributed by atoms with E-state index in [2.05, 4.69) is 10.3 Å². The van der Waals surface area contributed by atoms with Gasteiger partial charge in [0.15, 0.2) is 12.0 Å². The molecule has 0 atom stereocenters. The van der Waals surface area contributed by atoms with Crippen molar-refractivity contribution >= 4 is 17.9 Å². The van der Waals surface area contributed by atoms with Crippen LogP contribution in [-0.2, 0) is 0 Å². The maximum Gasteiger partial charge on any atom is 0.172 e. The Hall–Kier alpha value is -2.66. The highest BCUT2D eigenvalue weighted by Crippen LogP contribution is 2.26. The van der Waals surface area contributed by atoms with Gasteiger partial charge in [-0.05, 0) is 48.5 Å². The zero-order valence-electron chi connectivity index (χ0n) is 11.7. The van der Waals surface area contributed by atoms with E-state index in [-0.39, 0.29) is 5.69 Å². The summed E-state index contributed by atoms with van der Waals surface area (Å²) in [4.78, 5) is 11.3. The number of aldehydes is 1. The number of carbonyl (C=O) groups is 1. The molecule has 0 fully saturated rings. The van der Waals surface area contributed by atoms with E-state index in [0.29, 0.717) is 17.0 Å². The molecule has 0 unspecified atom stereocenters. The van der Waals surface area contributed by atoms with Crippen molar-refractivity contribution in [2.24, 2.45) is 0 Å². The molecule has 1 aromatic heterocycles. The lowest BCUT2D eigenvalue weighted by Crippen LogP contribution is -2.00. The van der Waals surface area contributed by atoms with Crippen molar-refractivity contribution < 1.29 is 9.53 Å². The van der Waals surface area contributed by atoms with Crippen molar-refractivity contribution in [2.45, 2.75) is 0 Å².